The molecule has 1 aromatic heterocycles. The molecular weight excluding hydrogens is 224 g/mol. The molecule has 0 saturated heterocycles. The summed E-state index contributed by atoms with van der Waals surface area (Å²) in [5, 5.41) is 7.17. The molecule has 0 saturated carbocycles. The van der Waals surface area contributed by atoms with Gasteiger partial charge in [0.15, 0.2) is 0 Å². The average Bonchev–Trinajstić information content (AvgIpc) is 2.64. The number of rotatable bonds is 3. The zero-order valence-corrected chi connectivity index (χ0v) is 9.67. The van der Waals surface area contributed by atoms with Crippen LogP contribution in [0.5, 0.6) is 0 Å². The Balaban J connectivity index is 2.48. The van der Waals surface area contributed by atoms with Crippen LogP contribution in [-0.4, -0.2) is 16.8 Å². The topological polar surface area (TPSA) is 29.9 Å². The first-order valence-electron chi connectivity index (χ1n) is 5.24. The molecule has 0 unspecified atom stereocenters. The lowest BCUT2D eigenvalue weighted by molar-refractivity contribution is 0.601. The number of aryl methyl sites for hydroxylation is 1. The van der Waals surface area contributed by atoms with Crippen LogP contribution in [0.1, 0.15) is 5.69 Å². The zero-order chi connectivity index (χ0) is 12.4. The van der Waals surface area contributed by atoms with Gasteiger partial charge in [-0.25, -0.2) is 8.78 Å². The van der Waals surface area contributed by atoms with Crippen LogP contribution in [0.3, 0.4) is 0 Å². The minimum atomic E-state index is -0.460. The van der Waals surface area contributed by atoms with Crippen molar-refractivity contribution in [2.24, 2.45) is 7.05 Å². The van der Waals surface area contributed by atoms with E-state index in [9.17, 15) is 8.78 Å². The summed E-state index contributed by atoms with van der Waals surface area (Å²) in [5.41, 5.74) is 1.57. The maximum absolute atomic E-state index is 13.6. The Bertz CT molecular complexity index is 535. The Morgan fingerprint density at radius 1 is 1.29 bits per heavy atom. The molecule has 0 radical (unpaired) electrons. The quantitative estimate of drug-likeness (QED) is 0.885. The Morgan fingerprint density at radius 2 is 2.06 bits per heavy atom. The van der Waals surface area contributed by atoms with Gasteiger partial charge in [0, 0.05) is 19.2 Å². The highest BCUT2D eigenvalue weighted by Gasteiger charge is 2.12. The summed E-state index contributed by atoms with van der Waals surface area (Å²) in [5.74, 6) is -0.914. The van der Waals surface area contributed by atoms with E-state index in [1.54, 1.807) is 24.8 Å². The van der Waals surface area contributed by atoms with E-state index in [4.69, 9.17) is 0 Å². The Hall–Kier alpha value is -1.75. The van der Waals surface area contributed by atoms with Crippen molar-refractivity contribution in [3.8, 4) is 11.3 Å². The van der Waals surface area contributed by atoms with Crippen molar-refractivity contribution in [3.05, 3.63) is 41.6 Å². The first-order chi connectivity index (χ1) is 8.11. The van der Waals surface area contributed by atoms with Crippen molar-refractivity contribution in [2.75, 3.05) is 7.05 Å². The maximum atomic E-state index is 13.6. The zero-order valence-electron chi connectivity index (χ0n) is 9.67. The average molecular weight is 237 g/mol. The smallest absolute Gasteiger partial charge is 0.132 e. The van der Waals surface area contributed by atoms with Gasteiger partial charge in [-0.05, 0) is 31.3 Å². The number of aromatic nitrogens is 2. The standard InChI is InChI=1S/C12H13F2N3/c1-15-7-9-6-12(17(2)16-9)10-5-8(13)3-4-11(10)14/h3-6,15H,7H2,1-2H3. The number of benzene rings is 1. The van der Waals surface area contributed by atoms with Crippen molar-refractivity contribution in [2.45, 2.75) is 6.54 Å². The SMILES string of the molecule is CNCc1cc(-c2cc(F)ccc2F)n(C)n1. The number of halogens is 2. The highest BCUT2D eigenvalue weighted by Crippen LogP contribution is 2.24. The number of nitrogens with one attached hydrogen (secondary N) is 1. The number of hydrogen-bond acceptors (Lipinski definition) is 2. The van der Waals surface area contributed by atoms with Gasteiger partial charge in [-0.1, -0.05) is 0 Å². The molecule has 0 spiro atoms. The van der Waals surface area contributed by atoms with Crippen LogP contribution in [0.2, 0.25) is 0 Å². The largest absolute Gasteiger partial charge is 0.314 e. The predicted molar refractivity (Wildman–Crippen MR) is 61.3 cm³/mol. The molecule has 0 aliphatic heterocycles. The van der Waals surface area contributed by atoms with Crippen molar-refractivity contribution < 1.29 is 8.78 Å². The van der Waals surface area contributed by atoms with E-state index in [1.165, 1.54) is 6.07 Å². The van der Waals surface area contributed by atoms with Crippen LogP contribution in [-0.2, 0) is 13.6 Å². The van der Waals surface area contributed by atoms with Gasteiger partial charge in [0.25, 0.3) is 0 Å². The predicted octanol–water partition coefficient (Wildman–Crippen LogP) is 2.08. The molecule has 3 nitrogen and oxygen atoms in total. The molecule has 0 atom stereocenters. The molecule has 17 heavy (non-hydrogen) atoms. The summed E-state index contributed by atoms with van der Waals surface area (Å²) >= 11 is 0. The Kier molecular flexibility index (Phi) is 3.19. The monoisotopic (exact) mass is 237 g/mol. The second kappa shape index (κ2) is 4.63. The Morgan fingerprint density at radius 3 is 2.76 bits per heavy atom. The lowest BCUT2D eigenvalue weighted by atomic mass is 10.1. The van der Waals surface area contributed by atoms with E-state index in [2.05, 4.69) is 10.4 Å². The van der Waals surface area contributed by atoms with Crippen LogP contribution in [0, 0.1) is 11.6 Å². The third-order valence-electron chi connectivity index (χ3n) is 2.49. The molecule has 0 aliphatic carbocycles. The van der Waals surface area contributed by atoms with Crippen LogP contribution in [0.25, 0.3) is 11.3 Å². The first-order valence-corrected chi connectivity index (χ1v) is 5.24. The third kappa shape index (κ3) is 2.34. The van der Waals surface area contributed by atoms with E-state index >= 15 is 0 Å². The van der Waals surface area contributed by atoms with Crippen molar-refractivity contribution in [1.82, 2.24) is 15.1 Å². The highest BCUT2D eigenvalue weighted by atomic mass is 19.1. The van der Waals surface area contributed by atoms with E-state index < -0.39 is 11.6 Å². The van der Waals surface area contributed by atoms with Gasteiger partial charge in [0.05, 0.1) is 11.4 Å². The molecule has 0 fully saturated rings. The minimum Gasteiger partial charge on any atom is -0.314 e. The second-order valence-electron chi connectivity index (χ2n) is 3.80. The van der Waals surface area contributed by atoms with Crippen molar-refractivity contribution >= 4 is 0 Å². The van der Waals surface area contributed by atoms with Crippen LogP contribution >= 0.6 is 0 Å². The normalized spacial score (nSPS) is 10.8. The fraction of sp³-hybridized carbons (Fsp3) is 0.250. The Labute approximate surface area is 98.1 Å². The van der Waals surface area contributed by atoms with E-state index in [0.717, 1.165) is 17.8 Å². The summed E-state index contributed by atoms with van der Waals surface area (Å²) in [6, 6.07) is 5.14. The van der Waals surface area contributed by atoms with Gasteiger partial charge in [-0.15, -0.1) is 0 Å². The molecule has 2 rings (SSSR count). The highest BCUT2D eigenvalue weighted by molar-refractivity contribution is 5.60. The molecule has 0 bridgehead atoms. The van der Waals surface area contributed by atoms with Gasteiger partial charge in [-0.3, -0.25) is 4.68 Å². The summed E-state index contributed by atoms with van der Waals surface area (Å²) in [4.78, 5) is 0. The molecule has 0 amide bonds. The van der Waals surface area contributed by atoms with E-state index in [0.29, 0.717) is 12.2 Å². The van der Waals surface area contributed by atoms with Crippen molar-refractivity contribution in [1.29, 1.82) is 0 Å². The second-order valence-corrected chi connectivity index (χ2v) is 3.80. The molecule has 1 N–H and O–H groups in total. The first kappa shape index (κ1) is 11.7. The van der Waals surface area contributed by atoms with Gasteiger partial charge in [-0.2, -0.15) is 5.10 Å². The van der Waals surface area contributed by atoms with Gasteiger partial charge < -0.3 is 5.32 Å². The van der Waals surface area contributed by atoms with Gasteiger partial charge >= 0.3 is 0 Å². The summed E-state index contributed by atoms with van der Waals surface area (Å²) in [7, 11) is 3.51. The molecule has 5 heteroatoms. The fourth-order valence-electron chi connectivity index (χ4n) is 1.74. The van der Waals surface area contributed by atoms with E-state index in [-0.39, 0.29) is 5.56 Å². The lowest BCUT2D eigenvalue weighted by Crippen LogP contribution is -2.05. The van der Waals surface area contributed by atoms with Gasteiger partial charge in [0.2, 0.25) is 0 Å². The van der Waals surface area contributed by atoms with Crippen molar-refractivity contribution in [3.63, 3.8) is 0 Å². The fourth-order valence-corrected chi connectivity index (χ4v) is 1.74. The molecule has 2 aromatic rings. The minimum absolute atomic E-state index is 0.224. The van der Waals surface area contributed by atoms with E-state index in [1.807, 2.05) is 0 Å². The number of nitrogens with zero attached hydrogens (tertiary/aromatic N) is 2. The van der Waals surface area contributed by atoms with Crippen LogP contribution < -0.4 is 5.32 Å². The maximum Gasteiger partial charge on any atom is 0.132 e. The van der Waals surface area contributed by atoms with Crippen LogP contribution in [0.15, 0.2) is 24.3 Å². The van der Waals surface area contributed by atoms with Crippen LogP contribution in [0.4, 0.5) is 8.78 Å². The molecule has 1 aromatic carbocycles. The lowest BCUT2D eigenvalue weighted by Gasteiger charge is -2.03. The molecule has 1 heterocycles. The summed E-state index contributed by atoms with van der Waals surface area (Å²) in [6.45, 7) is 0.588. The third-order valence-corrected chi connectivity index (χ3v) is 2.49. The molecule has 0 aliphatic rings. The molecule has 90 valence electrons. The molecular formula is C12H13F2N3. The number of hydrogen-bond donors (Lipinski definition) is 1. The van der Waals surface area contributed by atoms with Gasteiger partial charge in [0.1, 0.15) is 11.6 Å². The summed E-state index contributed by atoms with van der Waals surface area (Å²) in [6.07, 6.45) is 0. The summed E-state index contributed by atoms with van der Waals surface area (Å²) < 4.78 is 28.3.